The molecule has 1 aromatic carbocycles. The molecule has 1 aliphatic heterocycles. The molecular formula is C14H14ClNO3S2. The van der Waals surface area contributed by atoms with Gasteiger partial charge < -0.3 is 4.74 Å². The van der Waals surface area contributed by atoms with E-state index >= 15 is 0 Å². The summed E-state index contributed by atoms with van der Waals surface area (Å²) in [5.74, 6) is 0. The number of hydrogen-bond acceptors (Lipinski definition) is 4. The van der Waals surface area contributed by atoms with Gasteiger partial charge in [-0.05, 0) is 17.7 Å². The maximum absolute atomic E-state index is 12.3. The monoisotopic (exact) mass is 343 g/mol. The van der Waals surface area contributed by atoms with Crippen molar-refractivity contribution in [2.45, 2.75) is 16.9 Å². The highest BCUT2D eigenvalue weighted by Crippen LogP contribution is 2.30. The summed E-state index contributed by atoms with van der Waals surface area (Å²) in [5, 5.41) is 0. The highest BCUT2D eigenvalue weighted by molar-refractivity contribution is 7.91. The second-order valence-electron chi connectivity index (χ2n) is 4.80. The summed E-state index contributed by atoms with van der Waals surface area (Å²) in [6.45, 7) is 1.29. The van der Waals surface area contributed by atoms with Crippen LogP contribution in [-0.4, -0.2) is 31.9 Å². The molecule has 0 radical (unpaired) electrons. The van der Waals surface area contributed by atoms with Gasteiger partial charge in [0.05, 0.1) is 17.0 Å². The predicted molar refractivity (Wildman–Crippen MR) is 83.1 cm³/mol. The van der Waals surface area contributed by atoms with Gasteiger partial charge in [0.2, 0.25) is 0 Å². The Kier molecular flexibility index (Phi) is 4.33. The van der Waals surface area contributed by atoms with Crippen molar-refractivity contribution in [2.24, 2.45) is 0 Å². The van der Waals surface area contributed by atoms with Crippen LogP contribution in [0.1, 0.15) is 5.56 Å². The van der Waals surface area contributed by atoms with Gasteiger partial charge in [0, 0.05) is 13.1 Å². The van der Waals surface area contributed by atoms with Crippen molar-refractivity contribution in [1.82, 2.24) is 4.31 Å². The number of thiophene rings is 1. The van der Waals surface area contributed by atoms with Crippen molar-refractivity contribution in [3.63, 3.8) is 0 Å². The van der Waals surface area contributed by atoms with Gasteiger partial charge in [-0.15, -0.1) is 11.3 Å². The van der Waals surface area contributed by atoms with Crippen LogP contribution >= 0.6 is 22.9 Å². The van der Waals surface area contributed by atoms with Crippen LogP contribution < -0.4 is 0 Å². The van der Waals surface area contributed by atoms with E-state index in [0.29, 0.717) is 24.0 Å². The van der Waals surface area contributed by atoms with Crippen molar-refractivity contribution in [2.75, 3.05) is 13.1 Å². The maximum atomic E-state index is 12.3. The molecule has 3 rings (SSSR count). The second kappa shape index (κ2) is 6.06. The van der Waals surface area contributed by atoms with Gasteiger partial charge in [0.25, 0.3) is 10.0 Å². The van der Waals surface area contributed by atoms with Crippen LogP contribution in [-0.2, 0) is 21.4 Å². The van der Waals surface area contributed by atoms with Gasteiger partial charge in [-0.1, -0.05) is 41.9 Å². The Morgan fingerprint density at radius 3 is 2.52 bits per heavy atom. The van der Waals surface area contributed by atoms with Crippen molar-refractivity contribution >= 4 is 33.0 Å². The Bertz CT molecular complexity index is 709. The van der Waals surface area contributed by atoms with E-state index in [1.807, 2.05) is 30.3 Å². The molecule has 0 aliphatic carbocycles. The molecule has 7 heteroatoms. The predicted octanol–water partition coefficient (Wildman–Crippen LogP) is 2.99. The van der Waals surface area contributed by atoms with Crippen LogP contribution in [0.2, 0.25) is 4.34 Å². The molecular weight excluding hydrogens is 330 g/mol. The highest BCUT2D eigenvalue weighted by Gasteiger charge is 2.38. The third-order valence-electron chi connectivity index (χ3n) is 3.29. The molecule has 2 aromatic rings. The van der Waals surface area contributed by atoms with Crippen LogP contribution in [0.5, 0.6) is 0 Å². The first-order valence-electron chi connectivity index (χ1n) is 6.47. The van der Waals surface area contributed by atoms with E-state index in [-0.39, 0.29) is 10.3 Å². The van der Waals surface area contributed by atoms with Crippen LogP contribution in [0.15, 0.2) is 46.7 Å². The van der Waals surface area contributed by atoms with Crippen LogP contribution in [0.25, 0.3) is 0 Å². The lowest BCUT2D eigenvalue weighted by molar-refractivity contribution is -0.0295. The van der Waals surface area contributed by atoms with Crippen LogP contribution in [0, 0.1) is 0 Å². The lowest BCUT2D eigenvalue weighted by Gasteiger charge is -2.37. The average Bonchev–Trinajstić information content (AvgIpc) is 2.85. The molecule has 1 aliphatic rings. The highest BCUT2D eigenvalue weighted by atomic mass is 35.5. The molecule has 21 heavy (non-hydrogen) atoms. The number of ether oxygens (including phenoxy) is 1. The van der Waals surface area contributed by atoms with Crippen LogP contribution in [0.3, 0.4) is 0 Å². The molecule has 0 amide bonds. The van der Waals surface area contributed by atoms with E-state index < -0.39 is 10.0 Å². The number of benzene rings is 1. The number of sulfonamides is 1. The SMILES string of the molecule is O=S(=O)(c1ccc(Cl)s1)N1CC(OCc2ccccc2)C1. The summed E-state index contributed by atoms with van der Waals surface area (Å²) in [7, 11) is -3.41. The minimum atomic E-state index is -3.41. The minimum absolute atomic E-state index is 0.0459. The van der Waals surface area contributed by atoms with Gasteiger partial charge in [-0.3, -0.25) is 0 Å². The first-order valence-corrected chi connectivity index (χ1v) is 9.10. The molecule has 0 bridgehead atoms. The number of halogens is 1. The largest absolute Gasteiger partial charge is 0.371 e. The maximum Gasteiger partial charge on any atom is 0.252 e. The summed E-state index contributed by atoms with van der Waals surface area (Å²) in [6, 6.07) is 13.0. The molecule has 112 valence electrons. The Morgan fingerprint density at radius 1 is 1.19 bits per heavy atom. The van der Waals surface area contributed by atoms with Crippen molar-refractivity contribution in [3.05, 3.63) is 52.4 Å². The van der Waals surface area contributed by atoms with E-state index in [1.54, 1.807) is 12.1 Å². The van der Waals surface area contributed by atoms with Gasteiger partial charge in [0.1, 0.15) is 4.21 Å². The quantitative estimate of drug-likeness (QED) is 0.838. The first-order chi connectivity index (χ1) is 10.1. The molecule has 0 N–H and O–H groups in total. The Labute approximate surface area is 133 Å². The Morgan fingerprint density at radius 2 is 1.90 bits per heavy atom. The van der Waals surface area contributed by atoms with E-state index in [9.17, 15) is 8.42 Å². The minimum Gasteiger partial charge on any atom is -0.371 e. The Hall–Kier alpha value is -0.920. The van der Waals surface area contributed by atoms with Crippen molar-refractivity contribution in [3.8, 4) is 0 Å². The fraction of sp³-hybridized carbons (Fsp3) is 0.286. The fourth-order valence-corrected chi connectivity index (χ4v) is 5.19. The summed E-state index contributed by atoms with van der Waals surface area (Å²) in [6.07, 6.45) is -0.0459. The number of nitrogens with zero attached hydrogens (tertiary/aromatic N) is 1. The average molecular weight is 344 g/mol. The van der Waals surface area contributed by atoms with E-state index in [1.165, 1.54) is 4.31 Å². The topological polar surface area (TPSA) is 46.6 Å². The van der Waals surface area contributed by atoms with Crippen molar-refractivity contribution < 1.29 is 13.2 Å². The zero-order chi connectivity index (χ0) is 14.9. The molecule has 1 saturated heterocycles. The van der Waals surface area contributed by atoms with Crippen molar-refractivity contribution in [1.29, 1.82) is 0 Å². The fourth-order valence-electron chi connectivity index (χ4n) is 2.05. The summed E-state index contributed by atoms with van der Waals surface area (Å²) in [5.41, 5.74) is 1.09. The smallest absolute Gasteiger partial charge is 0.252 e. The first kappa shape index (κ1) is 15.0. The molecule has 0 saturated carbocycles. The van der Waals surface area contributed by atoms with E-state index in [4.69, 9.17) is 16.3 Å². The molecule has 2 heterocycles. The third kappa shape index (κ3) is 3.30. The van der Waals surface area contributed by atoms with Gasteiger partial charge in [-0.25, -0.2) is 8.42 Å². The summed E-state index contributed by atoms with van der Waals surface area (Å²) >= 11 is 6.87. The lowest BCUT2D eigenvalue weighted by atomic mass is 10.2. The van der Waals surface area contributed by atoms with Gasteiger partial charge in [-0.2, -0.15) is 4.31 Å². The van der Waals surface area contributed by atoms with E-state index in [0.717, 1.165) is 16.9 Å². The third-order valence-corrected chi connectivity index (χ3v) is 6.82. The van der Waals surface area contributed by atoms with Gasteiger partial charge in [0.15, 0.2) is 0 Å². The van der Waals surface area contributed by atoms with E-state index in [2.05, 4.69) is 0 Å². The molecule has 0 unspecified atom stereocenters. The van der Waals surface area contributed by atoms with Crippen LogP contribution in [0.4, 0.5) is 0 Å². The number of rotatable bonds is 5. The summed E-state index contributed by atoms with van der Waals surface area (Å²) < 4.78 is 32.4. The zero-order valence-electron chi connectivity index (χ0n) is 11.1. The number of hydrogen-bond donors (Lipinski definition) is 0. The molecule has 0 atom stereocenters. The molecule has 4 nitrogen and oxygen atoms in total. The summed E-state index contributed by atoms with van der Waals surface area (Å²) in [4.78, 5) is 0. The molecule has 1 aromatic heterocycles. The zero-order valence-corrected chi connectivity index (χ0v) is 13.5. The molecule has 1 fully saturated rings. The standard InChI is InChI=1S/C14H14ClNO3S2/c15-13-6-7-14(20-13)21(17,18)16-8-12(9-16)19-10-11-4-2-1-3-5-11/h1-7,12H,8-10H2. The normalized spacial score (nSPS) is 16.8. The van der Waals surface area contributed by atoms with Gasteiger partial charge >= 0.3 is 0 Å². The second-order valence-corrected chi connectivity index (χ2v) is 8.68. The lowest BCUT2D eigenvalue weighted by Crippen LogP contribution is -2.54. The Balaban J connectivity index is 1.54. The molecule has 0 spiro atoms.